The number of nitrogens with zero attached hydrogens (tertiary/aromatic N) is 9. The van der Waals surface area contributed by atoms with Crippen molar-refractivity contribution < 1.29 is 19.0 Å². The lowest BCUT2D eigenvalue weighted by atomic mass is 10.6. The summed E-state index contributed by atoms with van der Waals surface area (Å²) in [5, 5.41) is 49.6. The van der Waals surface area contributed by atoms with Gasteiger partial charge in [-0.3, -0.25) is 0 Å². The van der Waals surface area contributed by atoms with Crippen molar-refractivity contribution in [1.29, 1.82) is 5.26 Å². The average molecular weight is 266 g/mol. The molecule has 0 aliphatic rings. The van der Waals surface area contributed by atoms with Crippen molar-refractivity contribution in [2.45, 2.75) is 0 Å². The third kappa shape index (κ3) is 2.23. The number of aromatic nitrogens is 4. The van der Waals surface area contributed by atoms with Gasteiger partial charge in [-0.2, -0.15) is 5.26 Å². The summed E-state index contributed by atoms with van der Waals surface area (Å²) in [6.45, 7) is 0. The summed E-state index contributed by atoms with van der Waals surface area (Å²) in [4.78, 5) is -0.345. The molecule has 0 spiro atoms. The molecule has 0 saturated heterocycles. The predicted molar refractivity (Wildman–Crippen MR) is 49.7 cm³/mol. The van der Waals surface area contributed by atoms with Gasteiger partial charge in [0.1, 0.15) is 0 Å². The number of nitrogen functional groups attached to an aromatic ring is 1. The molecule has 2 rings (SSSR count). The van der Waals surface area contributed by atoms with Gasteiger partial charge < -0.3 is 16.1 Å². The van der Waals surface area contributed by atoms with Crippen LogP contribution in [0.15, 0.2) is 19.5 Å². The molecule has 0 aromatic carbocycles. The van der Waals surface area contributed by atoms with Crippen LogP contribution < -0.4 is 5.73 Å². The highest BCUT2D eigenvalue weighted by atomic mass is 16.6. The quantitative estimate of drug-likeness (QED) is 0.341. The van der Waals surface area contributed by atoms with Crippen LogP contribution in [0.5, 0.6) is 0 Å². The van der Waals surface area contributed by atoms with E-state index in [9.17, 15) is 10.4 Å². The van der Waals surface area contributed by atoms with E-state index in [-0.39, 0.29) is 15.5 Å². The normalized spacial score (nSPS) is 12.4. The van der Waals surface area contributed by atoms with E-state index >= 15 is 0 Å². The Morgan fingerprint density at radius 2 is 1.79 bits per heavy atom. The van der Waals surface area contributed by atoms with Gasteiger partial charge in [-0.25, -0.2) is 0 Å². The average Bonchev–Trinajstić information content (AvgIpc) is 2.98. The molecule has 0 aliphatic heterocycles. The Bertz CT molecular complexity index is 691. The summed E-state index contributed by atoms with van der Waals surface area (Å²) in [7, 11) is 0. The number of anilines is 1. The number of azo groups is 2. The van der Waals surface area contributed by atoms with Gasteiger partial charge in [0.2, 0.25) is 6.19 Å². The lowest BCUT2D eigenvalue weighted by Crippen LogP contribution is -1.97. The molecule has 2 N–H and O–H groups in total. The lowest BCUT2D eigenvalue weighted by molar-refractivity contribution is -0.449. The van der Waals surface area contributed by atoms with E-state index < -0.39 is 17.5 Å². The third-order valence-electron chi connectivity index (χ3n) is 1.63. The number of nitriles is 1. The first-order valence-electron chi connectivity index (χ1n) is 4.30. The maximum absolute atomic E-state index is 11.5. The van der Waals surface area contributed by atoms with Crippen LogP contribution in [0, 0.1) is 21.9 Å². The molecule has 14 nitrogen and oxygen atoms in total. The summed E-state index contributed by atoms with van der Waals surface area (Å²) >= 11 is 0. The molecule has 0 radical (unpaired) electrons. The SMILES string of the molecule is N#CN=[N+]([O-])c1nonc1N=[N+]([O-])c1nonc1N. The van der Waals surface area contributed by atoms with E-state index in [0.29, 0.717) is 0 Å². The van der Waals surface area contributed by atoms with E-state index in [0.717, 1.165) is 0 Å². The summed E-state index contributed by atoms with van der Waals surface area (Å²) in [6.07, 6.45) is 1.21. The van der Waals surface area contributed by atoms with Crippen LogP contribution in [0.2, 0.25) is 0 Å². The Kier molecular flexibility index (Phi) is 2.93. The Morgan fingerprint density at radius 3 is 2.42 bits per heavy atom. The summed E-state index contributed by atoms with van der Waals surface area (Å²) in [6, 6.07) is 0. The Morgan fingerprint density at radius 1 is 1.11 bits per heavy atom. The largest absolute Gasteiger partial charge is 0.690 e. The minimum atomic E-state index is -0.600. The second kappa shape index (κ2) is 4.70. The third-order valence-corrected chi connectivity index (χ3v) is 1.63. The second-order valence-corrected chi connectivity index (χ2v) is 2.73. The van der Waals surface area contributed by atoms with Crippen molar-refractivity contribution in [3.8, 4) is 6.19 Å². The number of hydrogen-bond donors (Lipinski definition) is 1. The van der Waals surface area contributed by atoms with Crippen LogP contribution in [0.1, 0.15) is 0 Å². The van der Waals surface area contributed by atoms with Gasteiger partial charge in [-0.15, -0.1) is 19.0 Å². The van der Waals surface area contributed by atoms with Gasteiger partial charge in [0.05, 0.1) is 0 Å². The molecule has 2 aromatic rings. The number of nitrogens with two attached hydrogens (primary N) is 1. The van der Waals surface area contributed by atoms with E-state index in [4.69, 9.17) is 11.0 Å². The van der Waals surface area contributed by atoms with Crippen LogP contribution in [0.25, 0.3) is 0 Å². The molecule has 96 valence electrons. The van der Waals surface area contributed by atoms with Crippen molar-refractivity contribution in [2.75, 3.05) is 5.73 Å². The highest BCUT2D eigenvalue weighted by Crippen LogP contribution is 2.25. The van der Waals surface area contributed by atoms with E-state index in [1.165, 1.54) is 6.19 Å². The Labute approximate surface area is 102 Å². The summed E-state index contributed by atoms with van der Waals surface area (Å²) < 4.78 is 8.38. The fourth-order valence-electron chi connectivity index (χ4n) is 0.908. The van der Waals surface area contributed by atoms with Crippen LogP contribution >= 0.6 is 0 Å². The highest BCUT2D eigenvalue weighted by molar-refractivity contribution is 5.44. The summed E-state index contributed by atoms with van der Waals surface area (Å²) in [5.74, 6) is -1.91. The Balaban J connectivity index is 2.40. The highest BCUT2D eigenvalue weighted by Gasteiger charge is 2.25. The van der Waals surface area contributed by atoms with E-state index in [1.54, 1.807) is 0 Å². The van der Waals surface area contributed by atoms with Gasteiger partial charge >= 0.3 is 17.5 Å². The molecular formula is C5H2N10O4. The van der Waals surface area contributed by atoms with E-state index in [2.05, 4.69) is 40.1 Å². The molecule has 0 saturated carbocycles. The maximum Gasteiger partial charge on any atom is 0.449 e. The van der Waals surface area contributed by atoms with Gasteiger partial charge in [0.15, 0.2) is 10.3 Å². The molecule has 0 fully saturated rings. The molecule has 0 bridgehead atoms. The monoisotopic (exact) mass is 266 g/mol. The Hall–Kier alpha value is -3.63. The van der Waals surface area contributed by atoms with Crippen LogP contribution in [0.4, 0.5) is 23.3 Å². The molecule has 0 aliphatic carbocycles. The fourth-order valence-corrected chi connectivity index (χ4v) is 0.908. The standard InChI is InChI=1S/C5H2N10O4/c6-1-8-14(16)5-3(11-19-13-5)9-15(17)4-2(7)10-18-12-4/h(H2,7,10). The molecular weight excluding hydrogens is 264 g/mol. The van der Waals surface area contributed by atoms with Crippen molar-refractivity contribution in [2.24, 2.45) is 10.2 Å². The van der Waals surface area contributed by atoms with Crippen molar-refractivity contribution in [3.05, 3.63) is 10.4 Å². The van der Waals surface area contributed by atoms with Crippen molar-refractivity contribution in [3.63, 3.8) is 0 Å². The first-order chi connectivity index (χ1) is 9.13. The molecule has 0 atom stereocenters. The molecule has 14 heteroatoms. The van der Waals surface area contributed by atoms with Crippen molar-refractivity contribution >= 4 is 23.3 Å². The van der Waals surface area contributed by atoms with Crippen molar-refractivity contribution in [1.82, 2.24) is 20.6 Å². The molecule has 2 aromatic heterocycles. The molecule has 2 heterocycles. The van der Waals surface area contributed by atoms with Gasteiger partial charge in [-0.1, -0.05) is 0 Å². The van der Waals surface area contributed by atoms with Gasteiger partial charge in [-0.05, 0) is 5.11 Å². The molecule has 0 amide bonds. The summed E-state index contributed by atoms with van der Waals surface area (Å²) in [5.41, 5.74) is 5.25. The minimum Gasteiger partial charge on any atom is -0.690 e. The first-order valence-corrected chi connectivity index (χ1v) is 4.30. The predicted octanol–water partition coefficient (Wildman–Crippen LogP) is 0.0356. The molecule has 0 unspecified atom stereocenters. The molecule has 19 heavy (non-hydrogen) atoms. The topological polar surface area (TPSA) is 205 Å². The van der Waals surface area contributed by atoms with Crippen LogP contribution in [-0.4, -0.2) is 30.3 Å². The first kappa shape index (κ1) is 11.8. The smallest absolute Gasteiger partial charge is 0.449 e. The zero-order valence-electron chi connectivity index (χ0n) is 8.74. The number of rotatable bonds is 3. The van der Waals surface area contributed by atoms with Gasteiger partial charge in [0, 0.05) is 15.4 Å². The fraction of sp³-hybridized carbons (Fsp3) is 0. The second-order valence-electron chi connectivity index (χ2n) is 2.73. The maximum atomic E-state index is 11.5. The lowest BCUT2D eigenvalue weighted by Gasteiger charge is -1.98. The van der Waals surface area contributed by atoms with Crippen LogP contribution in [-0.2, 0) is 0 Å². The zero-order valence-corrected chi connectivity index (χ0v) is 8.74. The zero-order chi connectivity index (χ0) is 13.8. The number of hydrogen-bond acceptors (Lipinski definition) is 12. The minimum absolute atomic E-state index is 0.116. The van der Waals surface area contributed by atoms with E-state index in [1.807, 2.05) is 0 Å². The van der Waals surface area contributed by atoms with Gasteiger partial charge in [0.25, 0.3) is 5.82 Å². The van der Waals surface area contributed by atoms with Crippen LogP contribution in [0.3, 0.4) is 0 Å².